The molecular weight excluding hydrogens is 411 g/mol. The summed E-state index contributed by atoms with van der Waals surface area (Å²) in [5, 5.41) is 7.72. The minimum absolute atomic E-state index is 0.0257. The number of ether oxygens (including phenoxy) is 1. The smallest absolute Gasteiger partial charge is 0.425 e. The molecule has 29 heavy (non-hydrogen) atoms. The lowest BCUT2D eigenvalue weighted by Gasteiger charge is -2.24. The van der Waals surface area contributed by atoms with Gasteiger partial charge >= 0.3 is 6.18 Å². The van der Waals surface area contributed by atoms with E-state index in [1.54, 1.807) is 0 Å². The first kappa shape index (κ1) is 21.4. The number of halogens is 3. The van der Waals surface area contributed by atoms with Crippen molar-refractivity contribution in [3.8, 4) is 5.75 Å². The Labute approximate surface area is 166 Å². The molecule has 3 unspecified atom stereocenters. The summed E-state index contributed by atoms with van der Waals surface area (Å²) in [7, 11) is -3.68. The van der Waals surface area contributed by atoms with Crippen molar-refractivity contribution >= 4 is 21.6 Å². The maximum Gasteiger partial charge on any atom is 0.425 e. The fraction of sp³-hybridized carbons (Fsp3) is 0.556. The van der Waals surface area contributed by atoms with Crippen LogP contribution in [0.3, 0.4) is 0 Å². The molecule has 1 aromatic rings. The van der Waals surface area contributed by atoms with Crippen LogP contribution in [0.2, 0.25) is 0 Å². The Morgan fingerprint density at radius 3 is 2.62 bits per heavy atom. The van der Waals surface area contributed by atoms with Gasteiger partial charge in [0, 0.05) is 18.5 Å². The highest BCUT2D eigenvalue weighted by Crippen LogP contribution is 2.57. The van der Waals surface area contributed by atoms with Crippen LogP contribution in [0, 0.1) is 16.7 Å². The number of fused-ring (bicyclic) bond motifs is 1. The third-order valence-corrected chi connectivity index (χ3v) is 7.39. The predicted molar refractivity (Wildman–Crippen MR) is 98.7 cm³/mol. The van der Waals surface area contributed by atoms with E-state index in [0.29, 0.717) is 13.0 Å². The summed E-state index contributed by atoms with van der Waals surface area (Å²) in [5.41, 5.74) is 4.80. The number of nitrogens with one attached hydrogen (secondary N) is 1. The van der Waals surface area contributed by atoms with Gasteiger partial charge in [-0.25, -0.2) is 8.42 Å². The van der Waals surface area contributed by atoms with E-state index in [2.05, 4.69) is 0 Å². The Bertz CT molecular complexity index is 964. The Hall–Kier alpha value is -2.30. The molecule has 1 aliphatic heterocycles. The van der Waals surface area contributed by atoms with Crippen molar-refractivity contribution in [3.05, 3.63) is 23.8 Å². The van der Waals surface area contributed by atoms with Crippen molar-refractivity contribution in [3.63, 3.8) is 0 Å². The molecule has 1 aromatic carbocycles. The minimum Gasteiger partial charge on any atom is -0.480 e. The van der Waals surface area contributed by atoms with Crippen molar-refractivity contribution in [1.82, 2.24) is 4.90 Å². The van der Waals surface area contributed by atoms with Gasteiger partial charge in [-0.2, -0.15) is 13.2 Å². The number of sulfone groups is 1. The van der Waals surface area contributed by atoms with Crippen LogP contribution < -0.4 is 10.5 Å². The number of hydrogen-bond donors (Lipinski definition) is 2. The molecular formula is C18H22F3N3O4S. The van der Waals surface area contributed by atoms with Gasteiger partial charge in [-0.15, -0.1) is 0 Å². The van der Waals surface area contributed by atoms with Crippen LogP contribution in [0.4, 0.5) is 13.2 Å². The van der Waals surface area contributed by atoms with E-state index < -0.39 is 33.4 Å². The number of carbonyl (C=O) groups is 1. The van der Waals surface area contributed by atoms with Crippen LogP contribution in [0.1, 0.15) is 30.6 Å². The molecule has 0 radical (unpaired) electrons. The fourth-order valence-electron chi connectivity index (χ4n) is 3.62. The fourth-order valence-corrected chi connectivity index (χ4v) is 4.53. The topological polar surface area (TPSA) is 114 Å². The van der Waals surface area contributed by atoms with E-state index in [0.717, 1.165) is 25.1 Å². The molecule has 1 saturated heterocycles. The second-order valence-corrected chi connectivity index (χ2v) is 9.80. The number of nitrogens with two attached hydrogens (primary N) is 1. The monoisotopic (exact) mass is 433 g/mol. The van der Waals surface area contributed by atoms with Crippen LogP contribution in [0.25, 0.3) is 0 Å². The van der Waals surface area contributed by atoms with Crippen LogP contribution in [-0.2, 0) is 9.84 Å². The lowest BCUT2D eigenvalue weighted by atomic mass is 10.1. The number of hydrogen-bond acceptors (Lipinski definition) is 5. The summed E-state index contributed by atoms with van der Waals surface area (Å²) in [6.07, 6.45) is -6.15. The quantitative estimate of drug-likeness (QED) is 0.528. The number of alkyl halides is 3. The van der Waals surface area contributed by atoms with Crippen molar-refractivity contribution in [1.29, 1.82) is 5.41 Å². The van der Waals surface area contributed by atoms with Gasteiger partial charge in [0.05, 0.1) is 22.0 Å². The zero-order chi connectivity index (χ0) is 21.8. The highest BCUT2D eigenvalue weighted by molar-refractivity contribution is 7.91. The van der Waals surface area contributed by atoms with E-state index >= 15 is 0 Å². The van der Waals surface area contributed by atoms with Gasteiger partial charge in [0.2, 0.25) is 0 Å². The van der Waals surface area contributed by atoms with Gasteiger partial charge in [0.25, 0.3) is 5.91 Å². The van der Waals surface area contributed by atoms with Gasteiger partial charge in [0.1, 0.15) is 5.75 Å². The maximum atomic E-state index is 13.1. The molecule has 1 saturated carbocycles. The van der Waals surface area contributed by atoms with E-state index in [-0.39, 0.29) is 40.3 Å². The molecule has 3 rings (SSSR count). The van der Waals surface area contributed by atoms with Crippen molar-refractivity contribution in [2.75, 3.05) is 18.8 Å². The highest BCUT2D eigenvalue weighted by Gasteiger charge is 2.63. The molecule has 2 fully saturated rings. The lowest BCUT2D eigenvalue weighted by molar-refractivity contribution is -0.189. The van der Waals surface area contributed by atoms with Crippen molar-refractivity contribution < 1.29 is 31.1 Å². The number of carbonyl (C=O) groups excluding carboxylic acids is 1. The van der Waals surface area contributed by atoms with E-state index in [4.69, 9.17) is 15.9 Å². The number of benzene rings is 1. The van der Waals surface area contributed by atoms with Crippen LogP contribution >= 0.6 is 0 Å². The molecule has 11 heteroatoms. The Morgan fingerprint density at radius 1 is 1.45 bits per heavy atom. The zero-order valence-electron chi connectivity index (χ0n) is 15.9. The molecule has 0 bridgehead atoms. The number of amides is 1. The van der Waals surface area contributed by atoms with Gasteiger partial charge in [-0.1, -0.05) is 6.92 Å². The average molecular weight is 433 g/mol. The number of rotatable bonds is 6. The van der Waals surface area contributed by atoms with Gasteiger partial charge < -0.3 is 15.4 Å². The summed E-state index contributed by atoms with van der Waals surface area (Å²) < 4.78 is 68.2. The second-order valence-electron chi connectivity index (χ2n) is 7.52. The van der Waals surface area contributed by atoms with E-state index in [1.165, 1.54) is 11.8 Å². The first-order valence-electron chi connectivity index (χ1n) is 9.06. The number of nitrogens with zero attached hydrogens (tertiary/aromatic N) is 1. The average Bonchev–Trinajstić information content (AvgIpc) is 3.22. The summed E-state index contributed by atoms with van der Waals surface area (Å²) in [6, 6.07) is 3.27. The molecule has 0 spiro atoms. The number of amidine groups is 1. The third-order valence-electron chi connectivity index (χ3n) is 5.65. The highest BCUT2D eigenvalue weighted by atomic mass is 32.2. The number of piperidine rings is 1. The molecule has 160 valence electrons. The lowest BCUT2D eigenvalue weighted by Crippen LogP contribution is -2.37. The Morgan fingerprint density at radius 2 is 2.10 bits per heavy atom. The van der Waals surface area contributed by atoms with Gasteiger partial charge in [-0.3, -0.25) is 10.2 Å². The van der Waals surface area contributed by atoms with Crippen LogP contribution in [-0.4, -0.2) is 56.2 Å². The SMILES string of the molecule is CCS(=O)(=O)c1ccc(OC(C)C(F)(F)F)c(C(=O)N2CC3CC3(C(=N)N)C2)c1. The normalized spacial score (nSPS) is 24.7. The predicted octanol–water partition coefficient (Wildman–Crippen LogP) is 2.21. The van der Waals surface area contributed by atoms with Crippen LogP contribution in [0.5, 0.6) is 5.75 Å². The third kappa shape index (κ3) is 3.79. The van der Waals surface area contributed by atoms with Gasteiger partial charge in [0.15, 0.2) is 15.9 Å². The maximum absolute atomic E-state index is 13.1. The summed E-state index contributed by atoms with van der Waals surface area (Å²) in [5.74, 6) is -1.20. The summed E-state index contributed by atoms with van der Waals surface area (Å²) >= 11 is 0. The molecule has 1 heterocycles. The van der Waals surface area contributed by atoms with E-state index in [1.807, 2.05) is 0 Å². The molecule has 1 aliphatic carbocycles. The molecule has 7 nitrogen and oxygen atoms in total. The second kappa shape index (κ2) is 6.89. The first-order chi connectivity index (χ1) is 13.3. The minimum atomic E-state index is -4.65. The van der Waals surface area contributed by atoms with E-state index in [9.17, 15) is 26.4 Å². The van der Waals surface area contributed by atoms with Crippen molar-refractivity contribution in [2.24, 2.45) is 17.1 Å². The molecule has 3 N–H and O–H groups in total. The summed E-state index contributed by atoms with van der Waals surface area (Å²) in [6.45, 7) is 2.71. The molecule has 2 aliphatic rings. The molecule has 1 amide bonds. The number of likely N-dealkylation sites (tertiary alicyclic amines) is 1. The standard InChI is InChI=1S/C18H22F3N3O4S/c1-3-29(26,27)12-4-5-14(28-10(2)18(19,20)21)13(6-12)15(25)24-8-11-7-17(11,9-24)16(22)23/h4-6,10-11H,3,7-9H2,1-2H3,(H3,22,23). The Kier molecular flexibility index (Phi) is 5.09. The van der Waals surface area contributed by atoms with Gasteiger partial charge in [-0.05, 0) is 37.5 Å². The molecule has 3 atom stereocenters. The summed E-state index contributed by atoms with van der Waals surface area (Å²) in [4.78, 5) is 14.3. The van der Waals surface area contributed by atoms with Crippen LogP contribution in [0.15, 0.2) is 23.1 Å². The zero-order valence-corrected chi connectivity index (χ0v) is 16.7. The van der Waals surface area contributed by atoms with Crippen molar-refractivity contribution in [2.45, 2.75) is 37.4 Å². The Balaban J connectivity index is 1.96. The molecule has 0 aromatic heterocycles. The largest absolute Gasteiger partial charge is 0.480 e. The first-order valence-corrected chi connectivity index (χ1v) is 10.7.